The van der Waals surface area contributed by atoms with Gasteiger partial charge in [0.1, 0.15) is 5.76 Å². The van der Waals surface area contributed by atoms with Crippen molar-refractivity contribution in [2.45, 2.75) is 25.7 Å². The van der Waals surface area contributed by atoms with Crippen LogP contribution in [0, 0.1) is 5.92 Å². The average molecular weight is 236 g/mol. The zero-order valence-electron chi connectivity index (χ0n) is 10.1. The second-order valence-corrected chi connectivity index (χ2v) is 4.60. The molecule has 1 unspecified atom stereocenters. The largest absolute Gasteiger partial charge is 0.469 e. The molecular weight excluding hydrogens is 216 g/mol. The van der Waals surface area contributed by atoms with Crippen LogP contribution in [0.1, 0.15) is 25.0 Å². The standard InChI is InChI=1S/C13H20N2O2/c16-13(6-5-12-4-2-8-17-12)15-10-11-3-1-7-14-9-11/h2,4,8,11,14H,1,3,5-7,9-10H2,(H,15,16). The third-order valence-corrected chi connectivity index (χ3v) is 3.17. The Kier molecular flexibility index (Phi) is 4.62. The van der Waals surface area contributed by atoms with Crippen LogP contribution < -0.4 is 10.6 Å². The molecule has 1 amide bonds. The molecule has 1 aromatic heterocycles. The number of aryl methyl sites for hydroxylation is 1. The van der Waals surface area contributed by atoms with Crippen LogP contribution in [0.2, 0.25) is 0 Å². The molecule has 0 radical (unpaired) electrons. The summed E-state index contributed by atoms with van der Waals surface area (Å²) in [5, 5.41) is 6.34. The van der Waals surface area contributed by atoms with Crippen molar-refractivity contribution in [1.29, 1.82) is 0 Å². The van der Waals surface area contributed by atoms with E-state index in [2.05, 4.69) is 10.6 Å². The van der Waals surface area contributed by atoms with E-state index in [4.69, 9.17) is 4.42 Å². The Bertz CT molecular complexity index is 329. The Balaban J connectivity index is 1.60. The summed E-state index contributed by atoms with van der Waals surface area (Å²) in [6, 6.07) is 3.75. The van der Waals surface area contributed by atoms with Crippen molar-refractivity contribution in [2.24, 2.45) is 5.92 Å². The molecule has 2 N–H and O–H groups in total. The third-order valence-electron chi connectivity index (χ3n) is 3.17. The molecule has 4 heteroatoms. The molecule has 4 nitrogen and oxygen atoms in total. The fourth-order valence-corrected chi connectivity index (χ4v) is 2.14. The van der Waals surface area contributed by atoms with Crippen LogP contribution >= 0.6 is 0 Å². The van der Waals surface area contributed by atoms with Crippen molar-refractivity contribution in [2.75, 3.05) is 19.6 Å². The van der Waals surface area contributed by atoms with Gasteiger partial charge in [-0.3, -0.25) is 4.79 Å². The molecule has 0 aliphatic carbocycles. The van der Waals surface area contributed by atoms with Gasteiger partial charge in [-0.05, 0) is 44.0 Å². The van der Waals surface area contributed by atoms with Crippen molar-refractivity contribution in [3.8, 4) is 0 Å². The van der Waals surface area contributed by atoms with Crippen molar-refractivity contribution in [3.05, 3.63) is 24.2 Å². The van der Waals surface area contributed by atoms with Crippen LogP contribution in [0.3, 0.4) is 0 Å². The molecule has 0 saturated carbocycles. The second kappa shape index (κ2) is 6.45. The predicted octanol–water partition coefficient (Wildman–Crippen LogP) is 1.33. The van der Waals surface area contributed by atoms with Crippen molar-refractivity contribution in [3.63, 3.8) is 0 Å². The third kappa shape index (κ3) is 4.23. The molecule has 0 spiro atoms. The Morgan fingerprint density at radius 3 is 3.24 bits per heavy atom. The van der Waals surface area contributed by atoms with E-state index >= 15 is 0 Å². The second-order valence-electron chi connectivity index (χ2n) is 4.60. The highest BCUT2D eigenvalue weighted by Crippen LogP contribution is 2.08. The van der Waals surface area contributed by atoms with Gasteiger partial charge in [-0.2, -0.15) is 0 Å². The van der Waals surface area contributed by atoms with Gasteiger partial charge in [-0.15, -0.1) is 0 Å². The van der Waals surface area contributed by atoms with E-state index in [1.165, 1.54) is 12.8 Å². The zero-order chi connectivity index (χ0) is 11.9. The number of furan rings is 1. The first-order valence-electron chi connectivity index (χ1n) is 6.34. The van der Waals surface area contributed by atoms with Gasteiger partial charge in [0.05, 0.1) is 6.26 Å². The lowest BCUT2D eigenvalue weighted by Gasteiger charge is -2.22. The van der Waals surface area contributed by atoms with Crippen molar-refractivity contribution >= 4 is 5.91 Å². The van der Waals surface area contributed by atoms with Crippen LogP contribution in [-0.2, 0) is 11.2 Å². The lowest BCUT2D eigenvalue weighted by Crippen LogP contribution is -2.38. The maximum Gasteiger partial charge on any atom is 0.220 e. The maximum atomic E-state index is 11.6. The normalized spacial score (nSPS) is 20.1. The monoisotopic (exact) mass is 236 g/mol. The first kappa shape index (κ1) is 12.2. The van der Waals surface area contributed by atoms with Crippen LogP contribution in [0.15, 0.2) is 22.8 Å². The van der Waals surface area contributed by atoms with Gasteiger partial charge >= 0.3 is 0 Å². The molecule has 0 aromatic carbocycles. The first-order valence-corrected chi connectivity index (χ1v) is 6.34. The van der Waals surface area contributed by atoms with E-state index in [1.54, 1.807) is 6.26 Å². The van der Waals surface area contributed by atoms with E-state index in [-0.39, 0.29) is 5.91 Å². The van der Waals surface area contributed by atoms with Gasteiger partial charge in [-0.25, -0.2) is 0 Å². The minimum atomic E-state index is 0.118. The van der Waals surface area contributed by atoms with Gasteiger partial charge in [0, 0.05) is 19.4 Å². The van der Waals surface area contributed by atoms with E-state index in [1.807, 2.05) is 12.1 Å². The number of hydrogen-bond donors (Lipinski definition) is 2. The molecule has 17 heavy (non-hydrogen) atoms. The number of amides is 1. The first-order chi connectivity index (χ1) is 8.34. The summed E-state index contributed by atoms with van der Waals surface area (Å²) in [6.07, 6.45) is 5.26. The van der Waals surface area contributed by atoms with Gasteiger partial charge in [-0.1, -0.05) is 0 Å². The van der Waals surface area contributed by atoms with Gasteiger partial charge in [0.25, 0.3) is 0 Å². The highest BCUT2D eigenvalue weighted by Gasteiger charge is 2.13. The summed E-state index contributed by atoms with van der Waals surface area (Å²) in [7, 11) is 0. The van der Waals surface area contributed by atoms with E-state index in [0.29, 0.717) is 18.8 Å². The number of rotatable bonds is 5. The molecule has 2 heterocycles. The highest BCUT2D eigenvalue weighted by atomic mass is 16.3. The number of nitrogens with one attached hydrogen (secondary N) is 2. The van der Waals surface area contributed by atoms with Crippen LogP contribution in [-0.4, -0.2) is 25.5 Å². The SMILES string of the molecule is O=C(CCc1ccco1)NCC1CCCNC1. The van der Waals surface area contributed by atoms with Crippen molar-refractivity contribution in [1.82, 2.24) is 10.6 Å². The van der Waals surface area contributed by atoms with Crippen LogP contribution in [0.5, 0.6) is 0 Å². The quantitative estimate of drug-likeness (QED) is 0.811. The van der Waals surface area contributed by atoms with E-state index in [0.717, 1.165) is 25.4 Å². The van der Waals surface area contributed by atoms with E-state index in [9.17, 15) is 4.79 Å². The Hall–Kier alpha value is -1.29. The van der Waals surface area contributed by atoms with Crippen LogP contribution in [0.25, 0.3) is 0 Å². The fourth-order valence-electron chi connectivity index (χ4n) is 2.14. The van der Waals surface area contributed by atoms with Gasteiger partial charge in [0.15, 0.2) is 0 Å². The Labute approximate surface area is 102 Å². The lowest BCUT2D eigenvalue weighted by molar-refractivity contribution is -0.121. The summed E-state index contributed by atoms with van der Waals surface area (Å²) >= 11 is 0. The molecule has 1 aliphatic rings. The Morgan fingerprint density at radius 2 is 2.53 bits per heavy atom. The number of carbonyl (C=O) groups excluding carboxylic acids is 1. The predicted molar refractivity (Wildman–Crippen MR) is 65.6 cm³/mol. The molecule has 1 aromatic rings. The van der Waals surface area contributed by atoms with Gasteiger partial charge in [0.2, 0.25) is 5.91 Å². The van der Waals surface area contributed by atoms with Crippen LogP contribution in [0.4, 0.5) is 0 Å². The summed E-state index contributed by atoms with van der Waals surface area (Å²) < 4.78 is 5.19. The fraction of sp³-hybridized carbons (Fsp3) is 0.615. The minimum absolute atomic E-state index is 0.118. The molecule has 1 saturated heterocycles. The molecule has 94 valence electrons. The topological polar surface area (TPSA) is 54.3 Å². The molecule has 1 atom stereocenters. The maximum absolute atomic E-state index is 11.6. The molecule has 0 bridgehead atoms. The summed E-state index contributed by atoms with van der Waals surface area (Å²) in [6.45, 7) is 2.94. The molecular formula is C13H20N2O2. The van der Waals surface area contributed by atoms with Gasteiger partial charge < -0.3 is 15.1 Å². The number of carbonyl (C=O) groups is 1. The number of hydrogen-bond acceptors (Lipinski definition) is 3. The average Bonchev–Trinajstić information content (AvgIpc) is 2.88. The summed E-state index contributed by atoms with van der Waals surface area (Å²) in [4.78, 5) is 11.6. The molecule has 2 rings (SSSR count). The minimum Gasteiger partial charge on any atom is -0.469 e. The molecule has 1 aliphatic heterocycles. The number of piperidine rings is 1. The zero-order valence-corrected chi connectivity index (χ0v) is 10.1. The van der Waals surface area contributed by atoms with E-state index < -0.39 is 0 Å². The van der Waals surface area contributed by atoms with Crippen molar-refractivity contribution < 1.29 is 9.21 Å². The smallest absolute Gasteiger partial charge is 0.220 e. The summed E-state index contributed by atoms with van der Waals surface area (Å²) in [5.41, 5.74) is 0. The Morgan fingerprint density at radius 1 is 1.59 bits per heavy atom. The molecule has 1 fully saturated rings. The summed E-state index contributed by atoms with van der Waals surface area (Å²) in [5.74, 6) is 1.59. The highest BCUT2D eigenvalue weighted by molar-refractivity contribution is 5.76. The lowest BCUT2D eigenvalue weighted by atomic mass is 10.00.